The fourth-order valence-electron chi connectivity index (χ4n) is 2.54. The molecule has 2 heterocycles. The van der Waals surface area contributed by atoms with Gasteiger partial charge in [0.2, 0.25) is 15.9 Å². The SMILES string of the molecule is O=S(=O)(NCCOc1cc(N2CCCC2)ncn1)c1ccccc1. The Balaban J connectivity index is 1.51. The number of ether oxygens (including phenoxy) is 1. The van der Waals surface area contributed by atoms with Crippen LogP contribution in [-0.4, -0.2) is 44.6 Å². The van der Waals surface area contributed by atoms with Crippen LogP contribution in [0.4, 0.5) is 5.82 Å². The number of nitrogens with one attached hydrogen (secondary N) is 1. The van der Waals surface area contributed by atoms with E-state index in [0.29, 0.717) is 5.88 Å². The fraction of sp³-hybridized carbons (Fsp3) is 0.375. The van der Waals surface area contributed by atoms with Crippen LogP contribution in [0, 0.1) is 0 Å². The van der Waals surface area contributed by atoms with Gasteiger partial charge in [-0.1, -0.05) is 18.2 Å². The molecule has 1 aromatic heterocycles. The fourth-order valence-corrected chi connectivity index (χ4v) is 3.58. The quantitative estimate of drug-likeness (QED) is 0.762. The first kappa shape index (κ1) is 16.7. The van der Waals surface area contributed by atoms with Crippen molar-refractivity contribution in [3.8, 4) is 5.88 Å². The van der Waals surface area contributed by atoms with E-state index in [2.05, 4.69) is 19.6 Å². The molecule has 7 nitrogen and oxygen atoms in total. The number of anilines is 1. The van der Waals surface area contributed by atoms with Gasteiger partial charge in [-0.15, -0.1) is 0 Å². The van der Waals surface area contributed by atoms with Crippen LogP contribution in [0.3, 0.4) is 0 Å². The summed E-state index contributed by atoms with van der Waals surface area (Å²) in [6, 6.07) is 10.0. The van der Waals surface area contributed by atoms with Crippen molar-refractivity contribution >= 4 is 15.8 Å². The molecule has 0 aliphatic carbocycles. The third-order valence-electron chi connectivity index (χ3n) is 3.76. The molecule has 8 heteroatoms. The molecule has 0 saturated carbocycles. The van der Waals surface area contributed by atoms with Crippen molar-refractivity contribution in [1.29, 1.82) is 0 Å². The van der Waals surface area contributed by atoms with E-state index in [9.17, 15) is 8.42 Å². The molecule has 1 aromatic carbocycles. The second-order valence-electron chi connectivity index (χ2n) is 5.47. The van der Waals surface area contributed by atoms with Crippen molar-refractivity contribution in [2.45, 2.75) is 17.7 Å². The molecule has 1 fully saturated rings. The lowest BCUT2D eigenvalue weighted by molar-refractivity contribution is 0.310. The number of rotatable bonds is 7. The molecule has 1 aliphatic rings. The Morgan fingerprint density at radius 1 is 1.12 bits per heavy atom. The third-order valence-corrected chi connectivity index (χ3v) is 5.23. The highest BCUT2D eigenvalue weighted by atomic mass is 32.2. The first-order chi connectivity index (χ1) is 11.6. The lowest BCUT2D eigenvalue weighted by Crippen LogP contribution is -2.28. The average molecular weight is 348 g/mol. The number of aromatic nitrogens is 2. The van der Waals surface area contributed by atoms with Gasteiger partial charge in [-0.2, -0.15) is 0 Å². The third kappa shape index (κ3) is 4.21. The first-order valence-corrected chi connectivity index (χ1v) is 9.38. The summed E-state index contributed by atoms with van der Waals surface area (Å²) in [5.74, 6) is 1.30. The molecule has 128 valence electrons. The molecule has 0 atom stereocenters. The van der Waals surface area contributed by atoms with Gasteiger partial charge in [-0.25, -0.2) is 23.1 Å². The van der Waals surface area contributed by atoms with E-state index in [1.165, 1.54) is 19.2 Å². The van der Waals surface area contributed by atoms with Crippen LogP contribution in [0.5, 0.6) is 5.88 Å². The summed E-state index contributed by atoms with van der Waals surface area (Å²) in [6.07, 6.45) is 3.81. The van der Waals surface area contributed by atoms with Gasteiger partial charge in [0, 0.05) is 25.7 Å². The zero-order chi connectivity index (χ0) is 16.8. The average Bonchev–Trinajstić information content (AvgIpc) is 3.15. The molecule has 0 unspecified atom stereocenters. The highest BCUT2D eigenvalue weighted by Crippen LogP contribution is 2.20. The van der Waals surface area contributed by atoms with E-state index in [4.69, 9.17) is 4.74 Å². The molecule has 3 rings (SSSR count). The lowest BCUT2D eigenvalue weighted by Gasteiger charge is -2.16. The maximum absolute atomic E-state index is 12.1. The van der Waals surface area contributed by atoms with Crippen LogP contribution in [0.1, 0.15) is 12.8 Å². The summed E-state index contributed by atoms with van der Waals surface area (Å²) in [6.45, 7) is 2.35. The minimum atomic E-state index is -3.51. The molecule has 0 amide bonds. The number of sulfonamides is 1. The Morgan fingerprint density at radius 3 is 2.62 bits per heavy atom. The molecule has 2 aromatic rings. The summed E-state index contributed by atoms with van der Waals surface area (Å²) in [5.41, 5.74) is 0. The number of benzene rings is 1. The van der Waals surface area contributed by atoms with E-state index >= 15 is 0 Å². The number of nitrogens with zero attached hydrogens (tertiary/aromatic N) is 3. The standard InChI is InChI=1S/C16H20N4O3S/c21-24(22,14-6-2-1-3-7-14)19-8-11-23-16-12-15(17-13-18-16)20-9-4-5-10-20/h1-3,6-7,12-13,19H,4-5,8-11H2. The van der Waals surface area contributed by atoms with Crippen molar-refractivity contribution in [2.24, 2.45) is 0 Å². The summed E-state index contributed by atoms with van der Waals surface area (Å²) >= 11 is 0. The summed E-state index contributed by atoms with van der Waals surface area (Å²) in [4.78, 5) is 10.7. The molecular formula is C16H20N4O3S. The monoisotopic (exact) mass is 348 g/mol. The van der Waals surface area contributed by atoms with Crippen molar-refractivity contribution in [3.05, 3.63) is 42.7 Å². The van der Waals surface area contributed by atoms with Crippen molar-refractivity contribution in [3.63, 3.8) is 0 Å². The van der Waals surface area contributed by atoms with E-state index < -0.39 is 10.0 Å². The van der Waals surface area contributed by atoms with Crippen LogP contribution < -0.4 is 14.4 Å². The van der Waals surface area contributed by atoms with Gasteiger partial charge in [0.05, 0.1) is 4.90 Å². The Morgan fingerprint density at radius 2 is 1.88 bits per heavy atom. The zero-order valence-electron chi connectivity index (χ0n) is 13.3. The minimum Gasteiger partial charge on any atom is -0.476 e. The summed E-state index contributed by atoms with van der Waals surface area (Å²) < 4.78 is 32.2. The smallest absolute Gasteiger partial charge is 0.240 e. The maximum atomic E-state index is 12.1. The van der Waals surface area contributed by atoms with E-state index in [0.717, 1.165) is 18.9 Å². The Kier molecular flexibility index (Phi) is 5.27. The van der Waals surface area contributed by atoms with Crippen LogP contribution in [0.2, 0.25) is 0 Å². The maximum Gasteiger partial charge on any atom is 0.240 e. The summed E-state index contributed by atoms with van der Waals surface area (Å²) in [5, 5.41) is 0. The van der Waals surface area contributed by atoms with Gasteiger partial charge in [0.15, 0.2) is 0 Å². The summed E-state index contributed by atoms with van der Waals surface area (Å²) in [7, 11) is -3.51. The number of hydrogen-bond donors (Lipinski definition) is 1. The minimum absolute atomic E-state index is 0.167. The Bertz CT molecular complexity index is 762. The largest absolute Gasteiger partial charge is 0.476 e. The zero-order valence-corrected chi connectivity index (χ0v) is 14.1. The molecule has 1 aliphatic heterocycles. The molecule has 24 heavy (non-hydrogen) atoms. The highest BCUT2D eigenvalue weighted by molar-refractivity contribution is 7.89. The van der Waals surface area contributed by atoms with Gasteiger partial charge < -0.3 is 9.64 Å². The van der Waals surface area contributed by atoms with Crippen LogP contribution in [-0.2, 0) is 10.0 Å². The van der Waals surface area contributed by atoms with Gasteiger partial charge in [0.1, 0.15) is 18.8 Å². The predicted molar refractivity (Wildman–Crippen MR) is 90.6 cm³/mol. The predicted octanol–water partition coefficient (Wildman–Crippen LogP) is 1.43. The highest BCUT2D eigenvalue weighted by Gasteiger charge is 2.15. The molecule has 0 spiro atoms. The molecule has 0 bridgehead atoms. The second-order valence-corrected chi connectivity index (χ2v) is 7.23. The molecular weight excluding hydrogens is 328 g/mol. The number of hydrogen-bond acceptors (Lipinski definition) is 6. The van der Waals surface area contributed by atoms with Crippen molar-refractivity contribution in [1.82, 2.24) is 14.7 Å². The van der Waals surface area contributed by atoms with E-state index in [-0.39, 0.29) is 18.0 Å². The van der Waals surface area contributed by atoms with Crippen LogP contribution in [0.25, 0.3) is 0 Å². The van der Waals surface area contributed by atoms with E-state index in [1.807, 2.05) is 0 Å². The van der Waals surface area contributed by atoms with Crippen LogP contribution >= 0.6 is 0 Å². The van der Waals surface area contributed by atoms with Crippen LogP contribution in [0.15, 0.2) is 47.6 Å². The van der Waals surface area contributed by atoms with Crippen molar-refractivity contribution in [2.75, 3.05) is 31.1 Å². The van der Waals surface area contributed by atoms with Crippen molar-refractivity contribution < 1.29 is 13.2 Å². The lowest BCUT2D eigenvalue weighted by atomic mass is 10.4. The van der Waals surface area contributed by atoms with E-state index in [1.54, 1.807) is 36.4 Å². The van der Waals surface area contributed by atoms with Gasteiger partial charge in [0.25, 0.3) is 0 Å². The molecule has 0 radical (unpaired) electrons. The van der Waals surface area contributed by atoms with Gasteiger partial charge in [-0.05, 0) is 25.0 Å². The Labute approximate surface area is 141 Å². The Hall–Kier alpha value is -2.19. The normalized spacial score (nSPS) is 14.8. The first-order valence-electron chi connectivity index (χ1n) is 7.90. The second kappa shape index (κ2) is 7.59. The van der Waals surface area contributed by atoms with Gasteiger partial charge >= 0.3 is 0 Å². The topological polar surface area (TPSA) is 84.4 Å². The molecule has 1 N–H and O–H groups in total. The molecule has 1 saturated heterocycles. The van der Waals surface area contributed by atoms with Gasteiger partial charge in [-0.3, -0.25) is 0 Å².